The number of carbonyl (C=O) groups excluding carboxylic acids is 1. The van der Waals surface area contributed by atoms with Gasteiger partial charge in [-0.05, 0) is 45.4 Å². The van der Waals surface area contributed by atoms with E-state index in [0.29, 0.717) is 25.9 Å². The fourth-order valence-corrected chi connectivity index (χ4v) is 2.99. The Morgan fingerprint density at radius 1 is 1.40 bits per heavy atom. The van der Waals surface area contributed by atoms with Crippen LogP contribution < -0.4 is 0 Å². The van der Waals surface area contributed by atoms with Crippen molar-refractivity contribution in [1.82, 2.24) is 4.90 Å². The van der Waals surface area contributed by atoms with Gasteiger partial charge in [-0.3, -0.25) is 0 Å². The summed E-state index contributed by atoms with van der Waals surface area (Å²) in [6, 6.07) is 0. The molecule has 0 aromatic rings. The lowest BCUT2D eigenvalue weighted by molar-refractivity contribution is 0.0114. The van der Waals surface area contributed by atoms with Crippen LogP contribution in [0, 0.1) is 11.8 Å². The number of amides is 1. The molecule has 0 aliphatic carbocycles. The fraction of sp³-hybridized carbons (Fsp3) is 0.923. The van der Waals surface area contributed by atoms with Gasteiger partial charge in [0.2, 0.25) is 0 Å². The van der Waals surface area contributed by atoms with Crippen LogP contribution in [0.1, 0.15) is 40.5 Å². The van der Waals surface area contributed by atoms with E-state index in [2.05, 4.69) is 0 Å². The third-order valence-corrected chi connectivity index (χ3v) is 4.19. The molecule has 1 heterocycles. The molecular weight excluding hydrogens is 285 g/mol. The summed E-state index contributed by atoms with van der Waals surface area (Å²) in [6.45, 7) is 8.43. The lowest BCUT2D eigenvalue weighted by Gasteiger charge is -2.37. The Labute approximate surface area is 120 Å². The second-order valence-electron chi connectivity index (χ2n) is 6.48. The topological polar surface area (TPSA) is 63.7 Å². The normalized spacial score (nSPS) is 24.6. The smallest absolute Gasteiger partial charge is 0.410 e. The van der Waals surface area contributed by atoms with Crippen molar-refractivity contribution in [3.8, 4) is 0 Å². The summed E-state index contributed by atoms with van der Waals surface area (Å²) in [4.78, 5) is 13.6. The van der Waals surface area contributed by atoms with Crippen molar-refractivity contribution in [1.29, 1.82) is 0 Å². The molecule has 1 rings (SSSR count). The number of hydrogen-bond acceptors (Lipinski definition) is 4. The van der Waals surface area contributed by atoms with Crippen LogP contribution in [0.15, 0.2) is 0 Å². The predicted octanol–water partition coefficient (Wildman–Crippen LogP) is 2.57. The van der Waals surface area contributed by atoms with Gasteiger partial charge in [-0.1, -0.05) is 6.92 Å². The van der Waals surface area contributed by atoms with E-state index in [1.165, 1.54) is 0 Å². The maximum atomic E-state index is 12.5. The van der Waals surface area contributed by atoms with Gasteiger partial charge >= 0.3 is 16.3 Å². The van der Waals surface area contributed by atoms with Crippen molar-refractivity contribution < 1.29 is 21.8 Å². The largest absolute Gasteiger partial charge is 0.444 e. The van der Waals surface area contributed by atoms with Gasteiger partial charge in [0.05, 0.1) is 5.75 Å². The number of ether oxygens (including phenoxy) is 1. The summed E-state index contributed by atoms with van der Waals surface area (Å²) in [5, 5.41) is 0. The van der Waals surface area contributed by atoms with Gasteiger partial charge in [-0.15, -0.1) is 3.89 Å². The van der Waals surface area contributed by atoms with Gasteiger partial charge in [-0.25, -0.2) is 4.79 Å². The first-order valence-electron chi connectivity index (χ1n) is 6.88. The van der Waals surface area contributed by atoms with Gasteiger partial charge in [0.15, 0.2) is 0 Å². The van der Waals surface area contributed by atoms with Crippen LogP contribution in [0.25, 0.3) is 0 Å². The van der Waals surface area contributed by atoms with Crippen molar-refractivity contribution in [3.05, 3.63) is 0 Å². The van der Waals surface area contributed by atoms with Crippen LogP contribution in [-0.4, -0.2) is 43.9 Å². The summed E-state index contributed by atoms with van der Waals surface area (Å²) >= 11 is 0. The molecule has 1 aliphatic rings. The van der Waals surface area contributed by atoms with Gasteiger partial charge < -0.3 is 9.64 Å². The first-order valence-corrected chi connectivity index (χ1v) is 8.43. The zero-order valence-electron chi connectivity index (χ0n) is 12.6. The standard InChI is InChI=1S/C13H24FNO4S/c1-10-9-15(12(16)19-13(2,3)4)7-5-11(10)6-8-20(14,17)18/h10-11H,5-9H2,1-4H3. The molecule has 1 amide bonds. The van der Waals surface area contributed by atoms with Crippen LogP contribution in [-0.2, 0) is 15.0 Å². The van der Waals surface area contributed by atoms with Crippen molar-refractivity contribution in [2.45, 2.75) is 46.1 Å². The highest BCUT2D eigenvalue weighted by molar-refractivity contribution is 7.86. The number of carbonyl (C=O) groups is 1. The maximum absolute atomic E-state index is 12.5. The van der Waals surface area contributed by atoms with E-state index >= 15 is 0 Å². The highest BCUT2D eigenvalue weighted by atomic mass is 32.3. The number of piperidine rings is 1. The minimum atomic E-state index is -4.41. The van der Waals surface area contributed by atoms with Crippen LogP contribution in [0.2, 0.25) is 0 Å². The lowest BCUT2D eigenvalue weighted by Crippen LogP contribution is -2.45. The molecule has 118 valence electrons. The third kappa shape index (κ3) is 6.07. The minimum Gasteiger partial charge on any atom is -0.444 e. The molecule has 0 saturated carbocycles. The summed E-state index contributed by atoms with van der Waals surface area (Å²) in [7, 11) is -4.41. The molecule has 1 fully saturated rings. The maximum Gasteiger partial charge on any atom is 0.410 e. The van der Waals surface area contributed by atoms with Gasteiger partial charge in [-0.2, -0.15) is 8.42 Å². The number of hydrogen-bond donors (Lipinski definition) is 0. The van der Waals surface area contributed by atoms with E-state index in [1.54, 1.807) is 4.90 Å². The monoisotopic (exact) mass is 309 g/mol. The number of nitrogens with zero attached hydrogens (tertiary/aromatic N) is 1. The average Bonchev–Trinajstić information content (AvgIpc) is 2.23. The molecule has 20 heavy (non-hydrogen) atoms. The van der Waals surface area contributed by atoms with Crippen molar-refractivity contribution in [3.63, 3.8) is 0 Å². The number of halogens is 1. The summed E-state index contributed by atoms with van der Waals surface area (Å²) in [5.41, 5.74) is -0.528. The third-order valence-electron chi connectivity index (χ3n) is 3.47. The fourth-order valence-electron chi connectivity index (χ4n) is 2.41. The SMILES string of the molecule is CC1CN(C(=O)OC(C)(C)C)CCC1CCS(=O)(=O)F. The first kappa shape index (κ1) is 17.2. The van der Waals surface area contributed by atoms with E-state index in [1.807, 2.05) is 27.7 Å². The Morgan fingerprint density at radius 2 is 2.00 bits per heavy atom. The van der Waals surface area contributed by atoms with Crippen molar-refractivity contribution >= 4 is 16.3 Å². The van der Waals surface area contributed by atoms with E-state index in [0.717, 1.165) is 0 Å². The summed E-state index contributed by atoms with van der Waals surface area (Å²) in [5.74, 6) is -0.175. The quantitative estimate of drug-likeness (QED) is 0.752. The van der Waals surface area contributed by atoms with Crippen LogP contribution in [0.5, 0.6) is 0 Å². The predicted molar refractivity (Wildman–Crippen MR) is 74.6 cm³/mol. The zero-order chi connectivity index (χ0) is 15.6. The van der Waals surface area contributed by atoms with Crippen LogP contribution >= 0.6 is 0 Å². The van der Waals surface area contributed by atoms with Gasteiger partial charge in [0.1, 0.15) is 5.60 Å². The van der Waals surface area contributed by atoms with Crippen LogP contribution in [0.4, 0.5) is 8.68 Å². The summed E-state index contributed by atoms with van der Waals surface area (Å²) in [6.07, 6.45) is 0.638. The van der Waals surface area contributed by atoms with Crippen molar-refractivity contribution in [2.75, 3.05) is 18.8 Å². The van der Waals surface area contributed by atoms with Crippen LogP contribution in [0.3, 0.4) is 0 Å². The zero-order valence-corrected chi connectivity index (χ0v) is 13.4. The molecule has 5 nitrogen and oxygen atoms in total. The Hall–Kier alpha value is -0.850. The van der Waals surface area contributed by atoms with Gasteiger partial charge in [0, 0.05) is 13.1 Å². The molecule has 0 spiro atoms. The average molecular weight is 309 g/mol. The second kappa shape index (κ2) is 6.28. The minimum absolute atomic E-state index is 0.124. The Bertz CT molecular complexity index is 444. The Morgan fingerprint density at radius 3 is 2.45 bits per heavy atom. The molecule has 0 N–H and O–H groups in total. The second-order valence-corrected chi connectivity index (χ2v) is 7.97. The molecule has 2 unspecified atom stereocenters. The van der Waals surface area contributed by atoms with E-state index in [4.69, 9.17) is 4.74 Å². The molecule has 0 bridgehead atoms. The molecule has 1 aliphatic heterocycles. The molecule has 2 atom stereocenters. The molecular formula is C13H24FNO4S. The highest BCUT2D eigenvalue weighted by Crippen LogP contribution is 2.27. The Balaban J connectivity index is 2.49. The number of rotatable bonds is 3. The molecule has 0 aromatic carbocycles. The van der Waals surface area contributed by atoms with E-state index in [9.17, 15) is 17.1 Å². The first-order chi connectivity index (χ1) is 8.98. The van der Waals surface area contributed by atoms with E-state index < -0.39 is 21.6 Å². The lowest BCUT2D eigenvalue weighted by atomic mass is 9.85. The molecule has 1 saturated heterocycles. The molecule has 0 radical (unpaired) electrons. The highest BCUT2D eigenvalue weighted by Gasteiger charge is 2.31. The Kier molecular flexibility index (Phi) is 5.40. The number of likely N-dealkylation sites (tertiary alicyclic amines) is 1. The van der Waals surface area contributed by atoms with Gasteiger partial charge in [0.25, 0.3) is 0 Å². The molecule has 0 aromatic heterocycles. The van der Waals surface area contributed by atoms with Crippen molar-refractivity contribution in [2.24, 2.45) is 11.8 Å². The van der Waals surface area contributed by atoms with E-state index in [-0.39, 0.29) is 17.9 Å². The molecule has 7 heteroatoms. The summed E-state index contributed by atoms with van der Waals surface area (Å²) < 4.78 is 39.0.